The van der Waals surface area contributed by atoms with Crippen molar-refractivity contribution in [3.63, 3.8) is 0 Å². The normalized spacial score (nSPS) is 14.6. The Morgan fingerprint density at radius 3 is 2.57 bits per heavy atom. The molecule has 2 aliphatic rings. The maximum Gasteiger partial charge on any atom is 0.0607 e. The summed E-state index contributed by atoms with van der Waals surface area (Å²) in [5.74, 6) is 0. The van der Waals surface area contributed by atoms with Crippen LogP contribution in [0.4, 0.5) is 0 Å². The molecule has 0 N–H and O–H groups in total. The average molecular weight is 537 g/mol. The Morgan fingerprint density at radius 2 is 1.68 bits per heavy atom. The summed E-state index contributed by atoms with van der Waals surface area (Å²) >= 11 is 0. The van der Waals surface area contributed by atoms with Gasteiger partial charge >= 0.3 is 0 Å². The molecule has 6 rings (SSSR count). The van der Waals surface area contributed by atoms with Crippen LogP contribution in [0.3, 0.4) is 0 Å². The summed E-state index contributed by atoms with van der Waals surface area (Å²) in [5.41, 5.74) is 11.0. The van der Waals surface area contributed by atoms with Gasteiger partial charge in [-0.1, -0.05) is 74.0 Å². The van der Waals surface area contributed by atoms with Crippen LogP contribution in [0.5, 0.6) is 0 Å². The van der Waals surface area contributed by atoms with E-state index in [1.165, 1.54) is 38.8 Å². The smallest absolute Gasteiger partial charge is 0.0607 e. The topological polar surface area (TPSA) is 12.9 Å². The number of benzene rings is 3. The summed E-state index contributed by atoms with van der Waals surface area (Å²) in [4.78, 5) is 5.04. The van der Waals surface area contributed by atoms with E-state index in [-0.39, 0.29) is 25.5 Å². The van der Waals surface area contributed by atoms with Gasteiger partial charge in [0.1, 0.15) is 0 Å². The second-order valence-corrected chi connectivity index (χ2v) is 7.98. The summed E-state index contributed by atoms with van der Waals surface area (Å²) in [6.07, 6.45) is 4.38. The molecule has 1 nitrogen and oxygen atoms in total. The number of nitrogens with zero attached hydrogens (tertiary/aromatic N) is 1. The molecule has 2 heteroatoms. The van der Waals surface area contributed by atoms with Gasteiger partial charge in [0.15, 0.2) is 0 Å². The third-order valence-corrected chi connectivity index (χ3v) is 6.11. The van der Waals surface area contributed by atoms with Crippen LogP contribution in [-0.4, -0.2) is 4.98 Å². The van der Waals surface area contributed by atoms with Crippen molar-refractivity contribution in [2.24, 2.45) is 0 Å². The van der Waals surface area contributed by atoms with Crippen molar-refractivity contribution in [2.45, 2.75) is 19.3 Å². The quantitative estimate of drug-likeness (QED) is 0.223. The maximum atomic E-state index is 5.04. The second-order valence-electron chi connectivity index (χ2n) is 7.98. The van der Waals surface area contributed by atoms with E-state index in [4.69, 9.17) is 4.98 Å². The molecule has 0 saturated carbocycles. The Labute approximate surface area is 178 Å². The van der Waals surface area contributed by atoms with Crippen LogP contribution in [0.1, 0.15) is 36.1 Å². The van der Waals surface area contributed by atoms with Gasteiger partial charge in [-0.05, 0) is 39.4 Å². The monoisotopic (exact) mass is 537 g/mol. The van der Waals surface area contributed by atoms with Crippen LogP contribution >= 0.6 is 0 Å². The van der Waals surface area contributed by atoms with Crippen molar-refractivity contribution < 1.29 is 20.1 Å². The molecule has 1 aromatic heterocycles. The van der Waals surface area contributed by atoms with E-state index in [9.17, 15) is 0 Å². The van der Waals surface area contributed by atoms with Crippen molar-refractivity contribution in [3.8, 4) is 22.4 Å². The molecule has 0 fully saturated rings. The minimum absolute atomic E-state index is 0. The van der Waals surface area contributed by atoms with Crippen LogP contribution in [0.2, 0.25) is 0 Å². The largest absolute Gasteiger partial charge is 0.296 e. The standard InChI is InChI=1S/C26H18N.Ir/c1-26(2)21-11-4-3-8-18(21)19-9-6-10-20(25(19)26)23-15-17-14-13-16-7-5-12-22(27-23)24(16)17;/h3-9,11-15H,1-2H3;/q-1;. The van der Waals surface area contributed by atoms with E-state index in [2.05, 4.69) is 86.7 Å². The summed E-state index contributed by atoms with van der Waals surface area (Å²) in [5, 5.41) is 1.26. The number of hydrogen-bond acceptors (Lipinski definition) is 1. The Bertz CT molecular complexity index is 1300. The fourth-order valence-electron chi connectivity index (χ4n) is 4.90. The summed E-state index contributed by atoms with van der Waals surface area (Å²) < 4.78 is 0. The van der Waals surface area contributed by atoms with Crippen molar-refractivity contribution in [3.05, 3.63) is 89.0 Å². The van der Waals surface area contributed by atoms with E-state index in [0.717, 1.165) is 16.8 Å². The van der Waals surface area contributed by atoms with Crippen LogP contribution < -0.4 is 0 Å². The molecule has 3 aromatic carbocycles. The number of rotatable bonds is 1. The summed E-state index contributed by atoms with van der Waals surface area (Å²) in [6, 6.07) is 25.1. The molecule has 0 bridgehead atoms. The zero-order chi connectivity index (χ0) is 18.2. The molecule has 0 amide bonds. The molecule has 28 heavy (non-hydrogen) atoms. The number of hydrogen-bond donors (Lipinski definition) is 0. The van der Waals surface area contributed by atoms with E-state index < -0.39 is 0 Å². The molecule has 2 aliphatic carbocycles. The molecular formula is C26H18IrN-. The Morgan fingerprint density at radius 1 is 0.857 bits per heavy atom. The first-order valence-corrected chi connectivity index (χ1v) is 9.42. The fourth-order valence-corrected chi connectivity index (χ4v) is 4.90. The van der Waals surface area contributed by atoms with Crippen molar-refractivity contribution in [1.29, 1.82) is 0 Å². The Kier molecular flexibility index (Phi) is 3.75. The average Bonchev–Trinajstić information content (AvgIpc) is 3.21. The zero-order valence-corrected chi connectivity index (χ0v) is 18.1. The second kappa shape index (κ2) is 5.98. The molecule has 1 radical (unpaired) electrons. The molecule has 4 aromatic rings. The predicted octanol–water partition coefficient (Wildman–Crippen LogP) is 6.49. The molecule has 0 atom stereocenters. The van der Waals surface area contributed by atoms with Gasteiger partial charge in [-0.25, -0.2) is 0 Å². The number of pyridine rings is 1. The predicted molar refractivity (Wildman–Crippen MR) is 113 cm³/mol. The fraction of sp³-hybridized carbons (Fsp3) is 0.115. The molecule has 0 unspecified atom stereocenters. The first-order valence-electron chi connectivity index (χ1n) is 9.42. The molecule has 0 aliphatic heterocycles. The van der Waals surface area contributed by atoms with Crippen LogP contribution in [0.25, 0.3) is 45.4 Å². The number of fused-ring (bicyclic) bond motifs is 3. The van der Waals surface area contributed by atoms with Gasteiger partial charge < -0.3 is 0 Å². The van der Waals surface area contributed by atoms with E-state index >= 15 is 0 Å². The molecule has 137 valence electrons. The van der Waals surface area contributed by atoms with Gasteiger partial charge in [-0.3, -0.25) is 4.98 Å². The Balaban J connectivity index is 0.00000171. The molecular weight excluding hydrogens is 519 g/mol. The van der Waals surface area contributed by atoms with Crippen LogP contribution in [-0.2, 0) is 25.5 Å². The van der Waals surface area contributed by atoms with Crippen LogP contribution in [0, 0.1) is 6.07 Å². The van der Waals surface area contributed by atoms with Gasteiger partial charge in [-0.15, -0.1) is 29.3 Å². The molecule has 0 spiro atoms. The van der Waals surface area contributed by atoms with Crippen molar-refractivity contribution in [2.75, 3.05) is 0 Å². The maximum absolute atomic E-state index is 5.04. The molecule has 1 heterocycles. The third-order valence-electron chi connectivity index (χ3n) is 6.11. The first-order chi connectivity index (χ1) is 13.1. The van der Waals surface area contributed by atoms with E-state index in [1.807, 2.05) is 6.07 Å². The number of aromatic nitrogens is 1. The van der Waals surface area contributed by atoms with Crippen LogP contribution in [0.15, 0.2) is 60.7 Å². The first kappa shape index (κ1) is 17.6. The van der Waals surface area contributed by atoms with Gasteiger partial charge in [0, 0.05) is 25.5 Å². The molecule has 0 saturated heterocycles. The SMILES string of the molecule is CC1(C)c2ccccc2-c2cc[c-]c(-c3cc4c5c(cccc5n3)C=C4)c21.[Ir]. The van der Waals surface area contributed by atoms with Gasteiger partial charge in [0.05, 0.1) is 5.52 Å². The van der Waals surface area contributed by atoms with Gasteiger partial charge in [-0.2, -0.15) is 0 Å². The van der Waals surface area contributed by atoms with Gasteiger partial charge in [0.2, 0.25) is 0 Å². The minimum atomic E-state index is -0.0618. The summed E-state index contributed by atoms with van der Waals surface area (Å²) in [7, 11) is 0. The van der Waals surface area contributed by atoms with Crippen molar-refractivity contribution >= 4 is 23.1 Å². The minimum Gasteiger partial charge on any atom is -0.296 e. The zero-order valence-electron chi connectivity index (χ0n) is 15.7. The van der Waals surface area contributed by atoms with E-state index in [0.29, 0.717) is 0 Å². The van der Waals surface area contributed by atoms with Crippen molar-refractivity contribution in [1.82, 2.24) is 4.98 Å². The van der Waals surface area contributed by atoms with E-state index in [1.54, 1.807) is 0 Å². The summed E-state index contributed by atoms with van der Waals surface area (Å²) in [6.45, 7) is 4.63. The third kappa shape index (κ3) is 2.19. The van der Waals surface area contributed by atoms with Gasteiger partial charge in [0.25, 0.3) is 0 Å². The Hall–Kier alpha value is -2.54.